The molecule has 0 aliphatic carbocycles. The largest absolute Gasteiger partial charge is 0.324 e. The fourth-order valence-corrected chi connectivity index (χ4v) is 2.08. The van der Waals surface area contributed by atoms with Crippen LogP contribution in [0.2, 0.25) is 0 Å². The van der Waals surface area contributed by atoms with Gasteiger partial charge in [-0.1, -0.05) is 12.1 Å². The Labute approximate surface area is 96.2 Å². The van der Waals surface area contributed by atoms with E-state index in [1.54, 1.807) is 0 Å². The molecule has 86 valence electrons. The van der Waals surface area contributed by atoms with Crippen LogP contribution < -0.4 is 10.6 Å². The Bertz CT molecular complexity index is 395. The third-order valence-corrected chi connectivity index (χ3v) is 3.15. The molecule has 1 unspecified atom stereocenters. The van der Waals surface area contributed by atoms with Crippen molar-refractivity contribution in [2.75, 3.05) is 11.9 Å². The molecule has 2 N–H and O–H groups in total. The second kappa shape index (κ2) is 4.26. The Balaban J connectivity index is 2.07. The van der Waals surface area contributed by atoms with Gasteiger partial charge in [0.2, 0.25) is 5.91 Å². The number of amides is 1. The van der Waals surface area contributed by atoms with Crippen LogP contribution in [0, 0.1) is 6.92 Å². The SMILES string of the molecule is Cc1cccc(NC(=O)C2(C)CCCN2)c1. The normalized spacial score (nSPS) is 24.4. The van der Waals surface area contributed by atoms with E-state index < -0.39 is 5.54 Å². The number of benzene rings is 1. The standard InChI is InChI=1S/C13H18N2O/c1-10-5-3-6-11(9-10)15-12(16)13(2)7-4-8-14-13/h3,5-6,9,14H,4,7-8H2,1-2H3,(H,15,16). The van der Waals surface area contributed by atoms with Crippen LogP contribution in [0.25, 0.3) is 0 Å². The predicted octanol–water partition coefficient (Wildman–Crippen LogP) is 2.08. The predicted molar refractivity (Wildman–Crippen MR) is 65.5 cm³/mol. The Morgan fingerprint density at radius 2 is 2.31 bits per heavy atom. The summed E-state index contributed by atoms with van der Waals surface area (Å²) in [6.07, 6.45) is 1.97. The zero-order valence-electron chi connectivity index (χ0n) is 9.84. The lowest BCUT2D eigenvalue weighted by atomic mass is 9.99. The minimum Gasteiger partial charge on any atom is -0.324 e. The average molecular weight is 218 g/mol. The maximum atomic E-state index is 12.1. The van der Waals surface area contributed by atoms with Gasteiger partial charge in [0.05, 0.1) is 5.54 Å². The van der Waals surface area contributed by atoms with Gasteiger partial charge in [-0.3, -0.25) is 4.79 Å². The van der Waals surface area contributed by atoms with Crippen LogP contribution >= 0.6 is 0 Å². The summed E-state index contributed by atoms with van der Waals surface area (Å²) in [6.45, 7) is 4.91. The Hall–Kier alpha value is -1.35. The average Bonchev–Trinajstić information content (AvgIpc) is 2.66. The molecule has 1 saturated heterocycles. The summed E-state index contributed by atoms with van der Waals surface area (Å²) in [5.74, 6) is 0.0654. The van der Waals surface area contributed by atoms with Gasteiger partial charge in [0.15, 0.2) is 0 Å². The molecule has 0 saturated carbocycles. The van der Waals surface area contributed by atoms with E-state index in [0.29, 0.717) is 0 Å². The van der Waals surface area contributed by atoms with Gasteiger partial charge in [-0.05, 0) is 50.9 Å². The third kappa shape index (κ3) is 2.25. The second-order valence-corrected chi connectivity index (χ2v) is 4.69. The molecule has 3 nitrogen and oxygen atoms in total. The fraction of sp³-hybridized carbons (Fsp3) is 0.462. The van der Waals surface area contributed by atoms with Crippen LogP contribution in [0.1, 0.15) is 25.3 Å². The molecule has 1 atom stereocenters. The molecule has 0 bridgehead atoms. The first kappa shape index (κ1) is 11.1. The summed E-state index contributed by atoms with van der Waals surface area (Å²) in [7, 11) is 0. The maximum absolute atomic E-state index is 12.1. The molecule has 1 aliphatic rings. The molecule has 0 spiro atoms. The number of carbonyl (C=O) groups is 1. The highest BCUT2D eigenvalue weighted by Crippen LogP contribution is 2.21. The van der Waals surface area contributed by atoms with Crippen LogP contribution in [0.3, 0.4) is 0 Å². The monoisotopic (exact) mass is 218 g/mol. The van der Waals surface area contributed by atoms with Crippen LogP contribution in [0.4, 0.5) is 5.69 Å². The van der Waals surface area contributed by atoms with Gasteiger partial charge >= 0.3 is 0 Å². The van der Waals surface area contributed by atoms with Crippen molar-refractivity contribution in [1.29, 1.82) is 0 Å². The third-order valence-electron chi connectivity index (χ3n) is 3.15. The number of hydrogen-bond acceptors (Lipinski definition) is 2. The molecule has 1 fully saturated rings. The Morgan fingerprint density at radius 3 is 2.94 bits per heavy atom. The van der Waals surface area contributed by atoms with Crippen molar-refractivity contribution < 1.29 is 4.79 Å². The number of rotatable bonds is 2. The smallest absolute Gasteiger partial charge is 0.244 e. The lowest BCUT2D eigenvalue weighted by molar-refractivity contribution is -0.121. The van der Waals surface area contributed by atoms with E-state index in [4.69, 9.17) is 0 Å². The van der Waals surface area contributed by atoms with E-state index in [1.807, 2.05) is 38.1 Å². The van der Waals surface area contributed by atoms with E-state index >= 15 is 0 Å². The molecule has 1 aliphatic heterocycles. The molecule has 0 radical (unpaired) electrons. The van der Waals surface area contributed by atoms with E-state index in [2.05, 4.69) is 10.6 Å². The highest BCUT2D eigenvalue weighted by molar-refractivity contribution is 5.98. The molecule has 1 aromatic carbocycles. The summed E-state index contributed by atoms with van der Waals surface area (Å²) in [5, 5.41) is 6.22. The second-order valence-electron chi connectivity index (χ2n) is 4.69. The minimum atomic E-state index is -0.399. The summed E-state index contributed by atoms with van der Waals surface area (Å²) in [6, 6.07) is 7.87. The van der Waals surface area contributed by atoms with Crippen molar-refractivity contribution >= 4 is 11.6 Å². The van der Waals surface area contributed by atoms with Crippen molar-refractivity contribution in [3.05, 3.63) is 29.8 Å². The van der Waals surface area contributed by atoms with Crippen molar-refractivity contribution in [2.24, 2.45) is 0 Å². The van der Waals surface area contributed by atoms with Crippen LogP contribution in [-0.2, 0) is 4.79 Å². The van der Waals surface area contributed by atoms with Gasteiger partial charge in [-0.25, -0.2) is 0 Å². The number of aryl methyl sites for hydroxylation is 1. The van der Waals surface area contributed by atoms with E-state index in [-0.39, 0.29) is 5.91 Å². The molecule has 3 heteroatoms. The van der Waals surface area contributed by atoms with Gasteiger partial charge in [0.1, 0.15) is 0 Å². The van der Waals surface area contributed by atoms with E-state index in [1.165, 1.54) is 0 Å². The first-order valence-corrected chi connectivity index (χ1v) is 5.73. The molecule has 0 aromatic heterocycles. The molecule has 1 heterocycles. The molecular weight excluding hydrogens is 200 g/mol. The quantitative estimate of drug-likeness (QED) is 0.798. The maximum Gasteiger partial charge on any atom is 0.244 e. The van der Waals surface area contributed by atoms with Gasteiger partial charge in [-0.15, -0.1) is 0 Å². The lowest BCUT2D eigenvalue weighted by Gasteiger charge is -2.23. The lowest BCUT2D eigenvalue weighted by Crippen LogP contribution is -2.47. The highest BCUT2D eigenvalue weighted by atomic mass is 16.2. The summed E-state index contributed by atoms with van der Waals surface area (Å²) >= 11 is 0. The fourth-order valence-electron chi connectivity index (χ4n) is 2.08. The first-order chi connectivity index (χ1) is 7.60. The molecule has 1 aromatic rings. The van der Waals surface area contributed by atoms with Crippen molar-refractivity contribution in [1.82, 2.24) is 5.32 Å². The topological polar surface area (TPSA) is 41.1 Å². The van der Waals surface area contributed by atoms with Crippen LogP contribution in [0.5, 0.6) is 0 Å². The van der Waals surface area contributed by atoms with E-state index in [0.717, 1.165) is 30.6 Å². The number of carbonyl (C=O) groups excluding carboxylic acids is 1. The van der Waals surface area contributed by atoms with Gasteiger partial charge in [-0.2, -0.15) is 0 Å². The molecular formula is C13H18N2O. The molecule has 1 amide bonds. The zero-order valence-corrected chi connectivity index (χ0v) is 9.84. The van der Waals surface area contributed by atoms with Crippen LogP contribution in [0.15, 0.2) is 24.3 Å². The molecule has 16 heavy (non-hydrogen) atoms. The number of hydrogen-bond donors (Lipinski definition) is 2. The van der Waals surface area contributed by atoms with Crippen molar-refractivity contribution in [2.45, 2.75) is 32.2 Å². The van der Waals surface area contributed by atoms with E-state index in [9.17, 15) is 4.79 Å². The summed E-state index contributed by atoms with van der Waals surface area (Å²) < 4.78 is 0. The number of nitrogens with one attached hydrogen (secondary N) is 2. The first-order valence-electron chi connectivity index (χ1n) is 5.73. The van der Waals surface area contributed by atoms with Gasteiger partial charge in [0.25, 0.3) is 0 Å². The van der Waals surface area contributed by atoms with Gasteiger partial charge in [0, 0.05) is 5.69 Å². The van der Waals surface area contributed by atoms with Gasteiger partial charge < -0.3 is 10.6 Å². The summed E-state index contributed by atoms with van der Waals surface area (Å²) in [4.78, 5) is 12.1. The Kier molecular flexibility index (Phi) is 2.97. The zero-order chi connectivity index (χ0) is 11.6. The minimum absolute atomic E-state index is 0.0654. The molecule has 2 rings (SSSR count). The van der Waals surface area contributed by atoms with Crippen LogP contribution in [-0.4, -0.2) is 18.0 Å². The summed E-state index contributed by atoms with van der Waals surface area (Å²) in [5.41, 5.74) is 1.63. The highest BCUT2D eigenvalue weighted by Gasteiger charge is 2.35. The Morgan fingerprint density at radius 1 is 1.50 bits per heavy atom. The van der Waals surface area contributed by atoms with Crippen molar-refractivity contribution in [3.8, 4) is 0 Å². The number of anilines is 1. The van der Waals surface area contributed by atoms with Crippen molar-refractivity contribution in [3.63, 3.8) is 0 Å².